The standard InChI is InChI=1S/C19H30N2O4S/c1-5-6-11-20(3)19(22)16-9-12-21(13-10-16)26(23,24)18-8-7-17(25-4)14-15(18)2/h7-8,14,16H,5-6,9-13H2,1-4H3. The molecule has 7 heteroatoms. The molecule has 0 spiro atoms. The molecule has 2 rings (SSSR count). The summed E-state index contributed by atoms with van der Waals surface area (Å²) in [5, 5.41) is 0. The Hall–Kier alpha value is -1.60. The van der Waals surface area contributed by atoms with Gasteiger partial charge < -0.3 is 9.64 Å². The first-order valence-corrected chi connectivity index (χ1v) is 10.6. The summed E-state index contributed by atoms with van der Waals surface area (Å²) in [6, 6.07) is 4.99. The SMILES string of the molecule is CCCCN(C)C(=O)C1CCN(S(=O)(=O)c2ccc(OC)cc2C)CC1. The van der Waals surface area contributed by atoms with Gasteiger partial charge in [-0.3, -0.25) is 4.79 Å². The minimum Gasteiger partial charge on any atom is -0.497 e. The van der Waals surface area contributed by atoms with Crippen LogP contribution in [0.15, 0.2) is 23.1 Å². The van der Waals surface area contributed by atoms with Gasteiger partial charge in [-0.15, -0.1) is 0 Å². The second kappa shape index (κ2) is 8.86. The number of hydrogen-bond acceptors (Lipinski definition) is 4. The highest BCUT2D eigenvalue weighted by Crippen LogP contribution is 2.28. The quantitative estimate of drug-likeness (QED) is 0.727. The molecule has 0 N–H and O–H groups in total. The lowest BCUT2D eigenvalue weighted by atomic mass is 9.96. The summed E-state index contributed by atoms with van der Waals surface area (Å²) in [4.78, 5) is 14.6. The number of methoxy groups -OCH3 is 1. The maximum absolute atomic E-state index is 12.9. The van der Waals surface area contributed by atoms with Crippen LogP contribution in [0.25, 0.3) is 0 Å². The highest BCUT2D eigenvalue weighted by atomic mass is 32.2. The van der Waals surface area contributed by atoms with Crippen molar-refractivity contribution in [3.63, 3.8) is 0 Å². The number of rotatable bonds is 7. The van der Waals surface area contributed by atoms with Crippen molar-refractivity contribution in [1.82, 2.24) is 9.21 Å². The number of hydrogen-bond donors (Lipinski definition) is 0. The predicted octanol–water partition coefficient (Wildman–Crippen LogP) is 2.66. The molecule has 26 heavy (non-hydrogen) atoms. The van der Waals surface area contributed by atoms with Gasteiger partial charge in [-0.2, -0.15) is 4.31 Å². The number of unbranched alkanes of at least 4 members (excludes halogenated alkanes) is 1. The zero-order valence-electron chi connectivity index (χ0n) is 16.2. The number of nitrogens with zero attached hydrogens (tertiary/aromatic N) is 2. The van der Waals surface area contributed by atoms with E-state index in [9.17, 15) is 13.2 Å². The van der Waals surface area contributed by atoms with E-state index in [0.717, 1.165) is 19.4 Å². The molecule has 1 saturated heterocycles. The van der Waals surface area contributed by atoms with Gasteiger partial charge in [0.1, 0.15) is 5.75 Å². The number of carbonyl (C=O) groups is 1. The summed E-state index contributed by atoms with van der Waals surface area (Å²) in [6.45, 7) is 5.40. The van der Waals surface area contributed by atoms with Crippen LogP contribution >= 0.6 is 0 Å². The maximum Gasteiger partial charge on any atom is 0.243 e. The Morgan fingerprint density at radius 1 is 1.31 bits per heavy atom. The van der Waals surface area contributed by atoms with Crippen molar-refractivity contribution in [2.45, 2.75) is 44.4 Å². The number of aryl methyl sites for hydroxylation is 1. The van der Waals surface area contributed by atoms with Crippen LogP contribution < -0.4 is 4.74 Å². The minimum atomic E-state index is -3.55. The van der Waals surface area contributed by atoms with Gasteiger partial charge in [-0.05, 0) is 49.9 Å². The molecule has 146 valence electrons. The molecule has 0 saturated carbocycles. The summed E-state index contributed by atoms with van der Waals surface area (Å²) >= 11 is 0. The largest absolute Gasteiger partial charge is 0.497 e. The monoisotopic (exact) mass is 382 g/mol. The lowest BCUT2D eigenvalue weighted by Gasteiger charge is -2.32. The molecule has 0 aliphatic carbocycles. The van der Waals surface area contributed by atoms with E-state index in [1.165, 1.54) is 4.31 Å². The third-order valence-corrected chi connectivity index (χ3v) is 7.09. The highest BCUT2D eigenvalue weighted by molar-refractivity contribution is 7.89. The number of amides is 1. The second-order valence-electron chi connectivity index (χ2n) is 6.92. The van der Waals surface area contributed by atoms with Crippen LogP contribution in [0.5, 0.6) is 5.75 Å². The molecule has 1 aliphatic rings. The third kappa shape index (κ3) is 4.57. The molecular weight excluding hydrogens is 352 g/mol. The summed E-state index contributed by atoms with van der Waals surface area (Å²) in [5.74, 6) is 0.692. The maximum atomic E-state index is 12.9. The van der Waals surface area contributed by atoms with Crippen LogP contribution in [0.3, 0.4) is 0 Å². The lowest BCUT2D eigenvalue weighted by molar-refractivity contribution is -0.135. The molecule has 0 atom stereocenters. The number of sulfonamides is 1. The third-order valence-electron chi connectivity index (χ3n) is 5.03. The van der Waals surface area contributed by atoms with Gasteiger partial charge in [-0.25, -0.2) is 8.42 Å². The minimum absolute atomic E-state index is 0.0831. The first kappa shape index (κ1) is 20.7. The van der Waals surface area contributed by atoms with Crippen molar-refractivity contribution >= 4 is 15.9 Å². The topological polar surface area (TPSA) is 66.9 Å². The van der Waals surface area contributed by atoms with Gasteiger partial charge >= 0.3 is 0 Å². The predicted molar refractivity (Wildman–Crippen MR) is 102 cm³/mol. The Morgan fingerprint density at radius 2 is 1.96 bits per heavy atom. The van der Waals surface area contributed by atoms with Gasteiger partial charge in [0.05, 0.1) is 12.0 Å². The smallest absolute Gasteiger partial charge is 0.243 e. The lowest BCUT2D eigenvalue weighted by Crippen LogP contribution is -2.43. The van der Waals surface area contributed by atoms with Crippen molar-refractivity contribution in [3.05, 3.63) is 23.8 Å². The molecule has 1 fully saturated rings. The number of ether oxygens (including phenoxy) is 1. The van der Waals surface area contributed by atoms with Crippen LogP contribution in [-0.2, 0) is 14.8 Å². The summed E-state index contributed by atoms with van der Waals surface area (Å²) in [5.41, 5.74) is 0.668. The van der Waals surface area contributed by atoms with Gasteiger partial charge in [0.25, 0.3) is 0 Å². The number of carbonyl (C=O) groups excluding carboxylic acids is 1. The van der Waals surface area contributed by atoms with E-state index in [0.29, 0.717) is 42.1 Å². The Bertz CT molecular complexity index is 725. The average Bonchev–Trinajstić information content (AvgIpc) is 2.65. The first-order valence-electron chi connectivity index (χ1n) is 9.21. The van der Waals surface area contributed by atoms with Gasteiger partial charge in [0, 0.05) is 32.6 Å². The van der Waals surface area contributed by atoms with Gasteiger partial charge in [0.15, 0.2) is 0 Å². The molecule has 1 amide bonds. The zero-order chi connectivity index (χ0) is 19.3. The van der Waals surface area contributed by atoms with E-state index < -0.39 is 10.0 Å². The summed E-state index contributed by atoms with van der Waals surface area (Å²) in [6.07, 6.45) is 3.19. The Balaban J connectivity index is 2.03. The van der Waals surface area contributed by atoms with Crippen molar-refractivity contribution < 1.29 is 17.9 Å². The van der Waals surface area contributed by atoms with Crippen LogP contribution in [0.4, 0.5) is 0 Å². The molecule has 1 aliphatic heterocycles. The van der Waals surface area contributed by atoms with E-state index >= 15 is 0 Å². The van der Waals surface area contributed by atoms with E-state index in [4.69, 9.17) is 4.74 Å². The van der Waals surface area contributed by atoms with E-state index in [1.54, 1.807) is 37.1 Å². The molecule has 0 radical (unpaired) electrons. The fourth-order valence-electron chi connectivity index (χ4n) is 3.34. The van der Waals surface area contributed by atoms with Crippen molar-refractivity contribution in [2.75, 3.05) is 33.8 Å². The molecule has 1 aromatic carbocycles. The van der Waals surface area contributed by atoms with Gasteiger partial charge in [0.2, 0.25) is 15.9 Å². The number of piperidine rings is 1. The zero-order valence-corrected chi connectivity index (χ0v) is 17.0. The number of benzene rings is 1. The summed E-state index contributed by atoms with van der Waals surface area (Å²) < 4.78 is 32.5. The normalized spacial score (nSPS) is 16.5. The van der Waals surface area contributed by atoms with Crippen LogP contribution in [0.1, 0.15) is 38.2 Å². The van der Waals surface area contributed by atoms with E-state index in [2.05, 4.69) is 6.92 Å². The van der Waals surface area contributed by atoms with E-state index in [-0.39, 0.29) is 11.8 Å². The average molecular weight is 383 g/mol. The van der Waals surface area contributed by atoms with E-state index in [1.807, 2.05) is 7.05 Å². The second-order valence-corrected chi connectivity index (χ2v) is 8.83. The van der Waals surface area contributed by atoms with Crippen molar-refractivity contribution in [1.29, 1.82) is 0 Å². The Morgan fingerprint density at radius 3 is 2.50 bits per heavy atom. The summed E-state index contributed by atoms with van der Waals surface area (Å²) in [7, 11) is -0.155. The molecule has 0 unspecified atom stereocenters. The molecule has 0 bridgehead atoms. The first-order chi connectivity index (χ1) is 12.3. The van der Waals surface area contributed by atoms with Crippen LogP contribution in [0.2, 0.25) is 0 Å². The molecule has 6 nitrogen and oxygen atoms in total. The molecular formula is C19H30N2O4S. The fourth-order valence-corrected chi connectivity index (χ4v) is 5.01. The van der Waals surface area contributed by atoms with Crippen LogP contribution in [0, 0.1) is 12.8 Å². The molecule has 1 heterocycles. The van der Waals surface area contributed by atoms with Crippen molar-refractivity contribution in [3.8, 4) is 5.75 Å². The Kier molecular flexibility index (Phi) is 7.06. The van der Waals surface area contributed by atoms with Crippen LogP contribution in [-0.4, -0.2) is 57.3 Å². The molecule has 1 aromatic rings. The Labute approximate surface area is 157 Å². The van der Waals surface area contributed by atoms with Crippen molar-refractivity contribution in [2.24, 2.45) is 5.92 Å². The van der Waals surface area contributed by atoms with Gasteiger partial charge in [-0.1, -0.05) is 13.3 Å². The highest BCUT2D eigenvalue weighted by Gasteiger charge is 2.33. The molecule has 0 aromatic heterocycles. The fraction of sp³-hybridized carbons (Fsp3) is 0.632.